The number of anilines is 4. The van der Waals surface area contributed by atoms with Gasteiger partial charge in [0.25, 0.3) is 0 Å². The number of aromatic nitrogens is 4. The van der Waals surface area contributed by atoms with Gasteiger partial charge in [0.15, 0.2) is 0 Å². The Labute approximate surface area is 367 Å². The third kappa shape index (κ3) is 10.7. The molecule has 15 nitrogen and oxygen atoms in total. The first-order valence-electron chi connectivity index (χ1n) is 20.7. The summed E-state index contributed by atoms with van der Waals surface area (Å²) in [7, 11) is 6.64. The van der Waals surface area contributed by atoms with Crippen LogP contribution in [0.15, 0.2) is 153 Å². The SMILES string of the molecule is CN=C(N)N(c1cc(CCCCn2cccn2)ccc1OC)c1occ2ccccc12.CN=C(N)N(c1cc(CCCCn2cccn2)ccc1OC)c1occ2ccccc12.O. The molecule has 0 bridgehead atoms. The largest absolute Gasteiger partial charge is 0.495 e. The Morgan fingerprint density at radius 1 is 0.603 bits per heavy atom. The van der Waals surface area contributed by atoms with Gasteiger partial charge in [0, 0.05) is 73.5 Å². The van der Waals surface area contributed by atoms with Crippen LogP contribution in [0, 0.1) is 0 Å². The van der Waals surface area contributed by atoms with Gasteiger partial charge in [-0.2, -0.15) is 10.2 Å². The molecule has 8 rings (SSSR count). The molecule has 63 heavy (non-hydrogen) atoms. The average Bonchev–Trinajstić information content (AvgIpc) is 4.17. The van der Waals surface area contributed by atoms with Crippen LogP contribution in [-0.2, 0) is 25.9 Å². The van der Waals surface area contributed by atoms with Crippen molar-refractivity contribution in [3.63, 3.8) is 0 Å². The summed E-state index contributed by atoms with van der Waals surface area (Å²) in [4.78, 5) is 12.1. The summed E-state index contributed by atoms with van der Waals surface area (Å²) in [6.45, 7) is 1.83. The number of unbranched alkanes of at least 4 members (excludes halogenated alkanes) is 2. The second kappa shape index (κ2) is 21.8. The molecule has 0 radical (unpaired) electrons. The highest BCUT2D eigenvalue weighted by Crippen LogP contribution is 2.41. The van der Waals surface area contributed by atoms with Crippen LogP contribution in [0.4, 0.5) is 23.1 Å². The lowest BCUT2D eigenvalue weighted by molar-refractivity contribution is 0.415. The molecule has 6 N–H and O–H groups in total. The molecule has 0 saturated carbocycles. The minimum Gasteiger partial charge on any atom is -0.495 e. The zero-order chi connectivity index (χ0) is 43.3. The van der Waals surface area contributed by atoms with E-state index in [0.29, 0.717) is 35.2 Å². The minimum atomic E-state index is 0. The Balaban J connectivity index is 0.000000206. The fourth-order valence-electron chi connectivity index (χ4n) is 7.38. The van der Waals surface area contributed by atoms with Gasteiger partial charge in [-0.1, -0.05) is 48.5 Å². The van der Waals surface area contributed by atoms with Crippen molar-refractivity contribution in [1.29, 1.82) is 0 Å². The lowest BCUT2D eigenvalue weighted by atomic mass is 10.1. The van der Waals surface area contributed by atoms with Gasteiger partial charge in [-0.3, -0.25) is 19.3 Å². The van der Waals surface area contributed by atoms with Crippen LogP contribution in [0.25, 0.3) is 21.5 Å². The highest BCUT2D eigenvalue weighted by Gasteiger charge is 2.25. The summed E-state index contributed by atoms with van der Waals surface area (Å²) in [6, 6.07) is 32.2. The van der Waals surface area contributed by atoms with E-state index in [4.69, 9.17) is 29.8 Å². The third-order valence-corrected chi connectivity index (χ3v) is 10.6. The van der Waals surface area contributed by atoms with E-state index in [1.54, 1.807) is 40.8 Å². The zero-order valence-electron chi connectivity index (χ0n) is 36.2. The maximum atomic E-state index is 6.33. The molecule has 0 unspecified atom stereocenters. The van der Waals surface area contributed by atoms with Crippen LogP contribution in [0.1, 0.15) is 36.8 Å². The predicted octanol–water partition coefficient (Wildman–Crippen LogP) is 8.66. The van der Waals surface area contributed by atoms with Crippen molar-refractivity contribution in [2.75, 3.05) is 38.1 Å². The van der Waals surface area contributed by atoms with Crippen molar-refractivity contribution in [2.24, 2.45) is 21.5 Å². The molecule has 8 aromatic rings. The van der Waals surface area contributed by atoms with E-state index in [2.05, 4.69) is 44.4 Å². The van der Waals surface area contributed by atoms with Gasteiger partial charge in [-0.05, 0) is 98.2 Å². The first-order valence-corrected chi connectivity index (χ1v) is 20.7. The van der Waals surface area contributed by atoms with Crippen molar-refractivity contribution < 1.29 is 23.8 Å². The molecule has 0 amide bonds. The van der Waals surface area contributed by atoms with Gasteiger partial charge in [0.1, 0.15) is 24.0 Å². The van der Waals surface area contributed by atoms with Crippen molar-refractivity contribution in [3.8, 4) is 11.5 Å². The summed E-state index contributed by atoms with van der Waals surface area (Å²) >= 11 is 0. The van der Waals surface area contributed by atoms with E-state index in [0.717, 1.165) is 84.5 Å². The molecule has 0 spiro atoms. The van der Waals surface area contributed by atoms with E-state index in [-0.39, 0.29) is 5.48 Å². The van der Waals surface area contributed by atoms with Crippen LogP contribution in [0.2, 0.25) is 0 Å². The van der Waals surface area contributed by atoms with Crippen LogP contribution < -0.4 is 30.7 Å². The van der Waals surface area contributed by atoms with E-state index in [1.807, 2.05) is 117 Å². The smallest absolute Gasteiger partial charge is 0.214 e. The second-order valence-electron chi connectivity index (χ2n) is 14.6. The molecule has 0 aliphatic rings. The Morgan fingerprint density at radius 3 is 1.41 bits per heavy atom. The molecule has 0 saturated heterocycles. The number of fused-ring (bicyclic) bond motifs is 2. The van der Waals surface area contributed by atoms with Crippen LogP contribution in [-0.4, -0.2) is 65.3 Å². The first-order chi connectivity index (χ1) is 30.4. The fraction of sp³-hybridized carbons (Fsp3) is 0.250. The monoisotopic (exact) mass is 852 g/mol. The Hall–Kier alpha value is -7.52. The van der Waals surface area contributed by atoms with Gasteiger partial charge >= 0.3 is 0 Å². The number of nitrogens with two attached hydrogens (primary N) is 2. The molecule has 4 aromatic heterocycles. The number of nitrogens with zero attached hydrogens (tertiary/aromatic N) is 8. The van der Waals surface area contributed by atoms with Gasteiger partial charge in [0.2, 0.25) is 23.7 Å². The van der Waals surface area contributed by atoms with Crippen LogP contribution in [0.3, 0.4) is 0 Å². The number of benzene rings is 4. The molecule has 4 aromatic carbocycles. The molecule has 0 fully saturated rings. The quantitative estimate of drug-likeness (QED) is 0.0539. The average molecular weight is 853 g/mol. The summed E-state index contributed by atoms with van der Waals surface area (Å²) < 4.78 is 27.1. The lowest BCUT2D eigenvalue weighted by Gasteiger charge is -2.24. The third-order valence-electron chi connectivity index (χ3n) is 10.6. The molecule has 328 valence electrons. The molecule has 4 heterocycles. The van der Waals surface area contributed by atoms with Gasteiger partial charge < -0.3 is 35.3 Å². The van der Waals surface area contributed by atoms with Crippen LogP contribution >= 0.6 is 0 Å². The molecule has 0 atom stereocenters. The maximum Gasteiger partial charge on any atom is 0.214 e. The van der Waals surface area contributed by atoms with E-state index in [9.17, 15) is 0 Å². The highest BCUT2D eigenvalue weighted by atomic mass is 16.5. The van der Waals surface area contributed by atoms with E-state index >= 15 is 0 Å². The lowest BCUT2D eigenvalue weighted by Crippen LogP contribution is -2.33. The normalized spacial score (nSPS) is 11.6. The van der Waals surface area contributed by atoms with Crippen molar-refractivity contribution in [3.05, 3.63) is 146 Å². The molecule has 0 aliphatic carbocycles. The first kappa shape index (κ1) is 45.0. The Bertz CT molecular complexity index is 2520. The number of furan rings is 2. The number of ether oxygens (including phenoxy) is 2. The summed E-state index contributed by atoms with van der Waals surface area (Å²) in [5.41, 5.74) is 16.7. The molecule has 0 aliphatic heterocycles. The van der Waals surface area contributed by atoms with Gasteiger partial charge in [-0.25, -0.2) is 9.80 Å². The number of aryl methyl sites for hydroxylation is 4. The van der Waals surface area contributed by atoms with Crippen LogP contribution in [0.5, 0.6) is 11.5 Å². The standard InChI is InChI=1S/2C24H27N5O2.H2O/c2*1-26-24(25)29(23-20-10-4-3-9-19(20)17-31-23)21-16-18(11-12-22(21)30-2)8-5-6-14-28-15-7-13-27-28;/h2*3-4,7,9-13,15-17H,5-6,8,14H2,1-2H3,(H2,25,26);1H2. The van der Waals surface area contributed by atoms with Crippen molar-refractivity contribution in [2.45, 2.75) is 51.6 Å². The molecular formula is C48H56N10O5. The number of guanidine groups is 2. The number of rotatable bonds is 16. The number of aliphatic imine (C=N–C) groups is 2. The van der Waals surface area contributed by atoms with Crippen molar-refractivity contribution >= 4 is 56.6 Å². The predicted molar refractivity (Wildman–Crippen MR) is 252 cm³/mol. The van der Waals surface area contributed by atoms with E-state index < -0.39 is 0 Å². The fourth-order valence-corrected chi connectivity index (χ4v) is 7.38. The maximum absolute atomic E-state index is 6.33. The Kier molecular flexibility index (Phi) is 15.6. The van der Waals surface area contributed by atoms with Gasteiger partial charge in [-0.15, -0.1) is 0 Å². The topological polar surface area (TPSA) is 195 Å². The Morgan fingerprint density at radius 2 is 1.03 bits per heavy atom. The van der Waals surface area contributed by atoms with E-state index in [1.165, 1.54) is 11.1 Å². The second-order valence-corrected chi connectivity index (χ2v) is 14.6. The zero-order valence-corrected chi connectivity index (χ0v) is 36.2. The summed E-state index contributed by atoms with van der Waals surface area (Å²) in [5, 5.41) is 12.4. The summed E-state index contributed by atoms with van der Waals surface area (Å²) in [6.07, 6.45) is 17.1. The van der Waals surface area contributed by atoms with Gasteiger partial charge in [0.05, 0.1) is 25.6 Å². The molecular weight excluding hydrogens is 797 g/mol. The number of methoxy groups -OCH3 is 2. The number of hydrogen-bond acceptors (Lipinski definition) is 8. The number of hydrogen-bond donors (Lipinski definition) is 2. The summed E-state index contributed by atoms with van der Waals surface area (Å²) in [5.74, 6) is 3.30. The van der Waals surface area contributed by atoms with Crippen molar-refractivity contribution in [1.82, 2.24) is 19.6 Å². The highest BCUT2D eigenvalue weighted by molar-refractivity contribution is 6.09. The molecule has 15 heteroatoms. The minimum absolute atomic E-state index is 0.